The third-order valence-corrected chi connectivity index (χ3v) is 2.96. The number of carboxylic acids is 1. The van der Waals surface area contributed by atoms with Crippen LogP contribution in [0, 0.1) is 0 Å². The van der Waals surface area contributed by atoms with E-state index in [0.717, 1.165) is 12.8 Å². The van der Waals surface area contributed by atoms with E-state index in [0.29, 0.717) is 18.7 Å². The van der Waals surface area contributed by atoms with Crippen LogP contribution in [0.1, 0.15) is 37.0 Å². The van der Waals surface area contributed by atoms with Crippen molar-refractivity contribution < 1.29 is 48.2 Å². The summed E-state index contributed by atoms with van der Waals surface area (Å²) in [7, 11) is 0. The van der Waals surface area contributed by atoms with E-state index in [-0.39, 0.29) is 29.6 Å². The van der Waals surface area contributed by atoms with Gasteiger partial charge in [-0.05, 0) is 25.0 Å². The van der Waals surface area contributed by atoms with E-state index in [4.69, 9.17) is 5.11 Å². The molecule has 0 radical (unpaired) electrons. The number of benzene rings is 1. The minimum absolute atomic E-state index is 0. The zero-order valence-electron chi connectivity index (χ0n) is 12.2. The smallest absolute Gasteiger partial charge is 0.760 e. The molecule has 0 aliphatic heterocycles. The molecule has 0 aliphatic carbocycles. The largest absolute Gasteiger partial charge is 1.00 e. The minimum atomic E-state index is -2.02. The maximum absolute atomic E-state index is 10.4. The van der Waals surface area contributed by atoms with Crippen molar-refractivity contribution in [1.29, 1.82) is 0 Å². The molecule has 108 valence electrons. The van der Waals surface area contributed by atoms with E-state index >= 15 is 0 Å². The summed E-state index contributed by atoms with van der Waals surface area (Å²) >= 11 is -2.02. The first-order valence-corrected chi connectivity index (χ1v) is 7.18. The molecule has 5 nitrogen and oxygen atoms in total. The van der Waals surface area contributed by atoms with Gasteiger partial charge < -0.3 is 9.66 Å². The minimum Gasteiger partial charge on any atom is -0.760 e. The number of aromatic carboxylic acids is 1. The molecule has 0 saturated carbocycles. The molecule has 0 bridgehead atoms. The second kappa shape index (κ2) is 13.7. The average molecular weight is 309 g/mol. The van der Waals surface area contributed by atoms with Crippen LogP contribution in [0.4, 0.5) is 0 Å². The Labute approximate surface area is 145 Å². The molecule has 0 fully saturated rings. The van der Waals surface area contributed by atoms with Crippen LogP contribution in [0.15, 0.2) is 30.3 Å². The number of nitrogens with zero attached hydrogens (tertiary/aromatic N) is 1. The molecule has 0 spiro atoms. The van der Waals surface area contributed by atoms with E-state index in [2.05, 4.69) is 0 Å². The zero-order chi connectivity index (χ0) is 14.7. The van der Waals surface area contributed by atoms with Crippen LogP contribution >= 0.6 is 0 Å². The van der Waals surface area contributed by atoms with Gasteiger partial charge in [0.25, 0.3) is 0 Å². The van der Waals surface area contributed by atoms with Crippen LogP contribution in [0.3, 0.4) is 0 Å². The third-order valence-electron chi connectivity index (χ3n) is 2.18. The van der Waals surface area contributed by atoms with Crippen LogP contribution in [0.2, 0.25) is 0 Å². The molecule has 0 amide bonds. The molecule has 0 heterocycles. The SMILES string of the molecule is CCCN(CCC)S(=O)[O-].O=C(O)c1ccccc1.[Na+]. The van der Waals surface area contributed by atoms with Crippen molar-refractivity contribution in [2.75, 3.05) is 13.1 Å². The van der Waals surface area contributed by atoms with Gasteiger partial charge in [-0.15, -0.1) is 0 Å². The van der Waals surface area contributed by atoms with Crippen LogP contribution < -0.4 is 29.6 Å². The molecule has 7 heteroatoms. The maximum atomic E-state index is 10.4. The van der Waals surface area contributed by atoms with Gasteiger partial charge >= 0.3 is 35.5 Å². The Morgan fingerprint density at radius 1 is 1.20 bits per heavy atom. The summed E-state index contributed by atoms with van der Waals surface area (Å²) in [5.41, 5.74) is 0.331. The molecular formula is C13H20NNaO4S. The van der Waals surface area contributed by atoms with E-state index < -0.39 is 17.2 Å². The number of rotatable bonds is 6. The fourth-order valence-electron chi connectivity index (χ4n) is 1.34. The van der Waals surface area contributed by atoms with Gasteiger partial charge in [0.15, 0.2) is 0 Å². The van der Waals surface area contributed by atoms with E-state index in [1.165, 1.54) is 4.31 Å². The summed E-state index contributed by atoms with van der Waals surface area (Å²) in [5, 5.41) is 8.38. The third kappa shape index (κ3) is 10.5. The monoisotopic (exact) mass is 309 g/mol. The van der Waals surface area contributed by atoms with Gasteiger partial charge in [-0.25, -0.2) is 9.10 Å². The molecule has 0 saturated heterocycles. The molecule has 1 aromatic rings. The predicted molar refractivity (Wildman–Crippen MR) is 74.5 cm³/mol. The van der Waals surface area contributed by atoms with E-state index in [9.17, 15) is 13.6 Å². The van der Waals surface area contributed by atoms with E-state index in [1.807, 2.05) is 13.8 Å². The molecule has 1 unspecified atom stereocenters. The Balaban J connectivity index is 0. The number of hydrogen-bond donors (Lipinski definition) is 1. The van der Waals surface area contributed by atoms with Crippen molar-refractivity contribution in [2.45, 2.75) is 26.7 Å². The van der Waals surface area contributed by atoms with E-state index in [1.54, 1.807) is 30.3 Å². The van der Waals surface area contributed by atoms with Crippen LogP contribution in [-0.4, -0.2) is 37.2 Å². The molecule has 1 aromatic carbocycles. The Morgan fingerprint density at radius 2 is 1.65 bits per heavy atom. The molecule has 1 rings (SSSR count). The molecule has 1 atom stereocenters. The van der Waals surface area contributed by atoms with Crippen LogP contribution in [0.5, 0.6) is 0 Å². The summed E-state index contributed by atoms with van der Waals surface area (Å²) in [6, 6.07) is 8.30. The Hall–Kier alpha value is -0.240. The van der Waals surface area contributed by atoms with Gasteiger partial charge in [0.05, 0.1) is 5.56 Å². The van der Waals surface area contributed by atoms with Crippen molar-refractivity contribution >= 4 is 17.2 Å². The average Bonchev–Trinajstić information content (AvgIpc) is 2.40. The first-order valence-electron chi connectivity index (χ1n) is 6.15. The van der Waals surface area contributed by atoms with Crippen molar-refractivity contribution in [3.8, 4) is 0 Å². The summed E-state index contributed by atoms with van der Waals surface area (Å²) in [5.74, 6) is -0.879. The number of carbonyl (C=O) groups is 1. The summed E-state index contributed by atoms with van der Waals surface area (Å²) in [6.07, 6.45) is 1.77. The maximum Gasteiger partial charge on any atom is 1.00 e. The summed E-state index contributed by atoms with van der Waals surface area (Å²) in [4.78, 5) is 10.2. The van der Waals surface area contributed by atoms with Gasteiger partial charge in [-0.1, -0.05) is 32.0 Å². The van der Waals surface area contributed by atoms with Gasteiger partial charge in [0.2, 0.25) is 0 Å². The summed E-state index contributed by atoms with van der Waals surface area (Å²) < 4.78 is 22.3. The Kier molecular flexibility index (Phi) is 15.1. The molecule has 1 N–H and O–H groups in total. The summed E-state index contributed by atoms with van der Waals surface area (Å²) in [6.45, 7) is 5.22. The quantitative estimate of drug-likeness (QED) is 0.556. The Bertz CT molecular complexity index is 383. The first-order chi connectivity index (χ1) is 9.02. The molecular weight excluding hydrogens is 289 g/mol. The predicted octanol–water partition coefficient (Wildman–Crippen LogP) is -0.709. The Morgan fingerprint density at radius 3 is 1.90 bits per heavy atom. The van der Waals surface area contributed by atoms with Crippen molar-refractivity contribution in [1.82, 2.24) is 4.31 Å². The zero-order valence-corrected chi connectivity index (χ0v) is 15.1. The van der Waals surface area contributed by atoms with Gasteiger partial charge in [-0.3, -0.25) is 4.21 Å². The standard InChI is InChI=1S/C7H6O2.C6H15NO2S.Na/c8-7(9)6-4-2-1-3-5-6;1-3-5-7(6-4-2)10(8)9;/h1-5H,(H,8,9);3-6H2,1-2H3,(H,8,9);/q;;+1/p-1. The first kappa shape index (κ1) is 22.0. The van der Waals surface area contributed by atoms with Crippen LogP contribution in [0.25, 0.3) is 0 Å². The number of hydrogen-bond acceptors (Lipinski definition) is 3. The van der Waals surface area contributed by atoms with Gasteiger partial charge in [0, 0.05) is 24.4 Å². The van der Waals surface area contributed by atoms with Gasteiger partial charge in [-0.2, -0.15) is 0 Å². The molecule has 20 heavy (non-hydrogen) atoms. The fraction of sp³-hybridized carbons (Fsp3) is 0.462. The van der Waals surface area contributed by atoms with Gasteiger partial charge in [0.1, 0.15) is 0 Å². The van der Waals surface area contributed by atoms with Crippen molar-refractivity contribution in [2.24, 2.45) is 0 Å². The number of carboxylic acid groups (broad SMARTS) is 1. The van der Waals surface area contributed by atoms with Crippen molar-refractivity contribution in [3.63, 3.8) is 0 Å². The molecule has 0 aliphatic rings. The second-order valence-electron chi connectivity index (χ2n) is 3.82. The normalized spacial score (nSPS) is 11.0. The fourth-order valence-corrected chi connectivity index (χ4v) is 2.00. The molecule has 0 aromatic heterocycles. The second-order valence-corrected chi connectivity index (χ2v) is 4.77. The van der Waals surface area contributed by atoms with Crippen molar-refractivity contribution in [3.05, 3.63) is 35.9 Å². The van der Waals surface area contributed by atoms with Crippen LogP contribution in [-0.2, 0) is 11.3 Å². The topological polar surface area (TPSA) is 80.7 Å².